The van der Waals surface area contributed by atoms with Crippen LogP contribution in [0.3, 0.4) is 0 Å². The second-order valence-electron chi connectivity index (χ2n) is 8.34. The standard InChI is InChI=1S/C29H28ClNO3S2/c1-3-5-6-20-9-14-24(15-10-20)31-28(32)27(36-29(31)35)18-22-11-16-25(26(17-22)33-4-2)34-19-21-7-12-23(30)13-8-21/h7-18H,3-6,19H2,1-2H3/b27-18-. The van der Waals surface area contributed by atoms with Crippen molar-refractivity contribution in [3.05, 3.63) is 93.3 Å². The first-order valence-corrected chi connectivity index (χ1v) is 13.6. The molecule has 4 rings (SSSR count). The Morgan fingerprint density at radius 3 is 2.36 bits per heavy atom. The van der Waals surface area contributed by atoms with E-state index in [-0.39, 0.29) is 5.91 Å². The molecule has 0 radical (unpaired) electrons. The number of hydrogen-bond donors (Lipinski definition) is 0. The summed E-state index contributed by atoms with van der Waals surface area (Å²) in [7, 11) is 0. The van der Waals surface area contributed by atoms with E-state index >= 15 is 0 Å². The van der Waals surface area contributed by atoms with Crippen LogP contribution >= 0.6 is 35.6 Å². The van der Waals surface area contributed by atoms with E-state index in [4.69, 9.17) is 33.3 Å². The molecule has 0 saturated carbocycles. The van der Waals surface area contributed by atoms with Crippen molar-refractivity contribution in [2.45, 2.75) is 39.7 Å². The summed E-state index contributed by atoms with van der Waals surface area (Å²) in [6, 6.07) is 21.3. The van der Waals surface area contributed by atoms with Gasteiger partial charge >= 0.3 is 0 Å². The van der Waals surface area contributed by atoms with E-state index in [1.807, 2.05) is 67.6 Å². The maximum Gasteiger partial charge on any atom is 0.270 e. The molecule has 186 valence electrons. The highest BCUT2D eigenvalue weighted by Crippen LogP contribution is 2.37. The molecule has 0 atom stereocenters. The number of benzene rings is 3. The molecule has 0 aliphatic carbocycles. The second kappa shape index (κ2) is 12.4. The number of halogens is 1. The van der Waals surface area contributed by atoms with E-state index in [0.717, 1.165) is 36.1 Å². The van der Waals surface area contributed by atoms with Crippen LogP contribution in [0.2, 0.25) is 5.02 Å². The monoisotopic (exact) mass is 537 g/mol. The Balaban J connectivity index is 1.50. The van der Waals surface area contributed by atoms with Crippen LogP contribution in [-0.2, 0) is 17.8 Å². The van der Waals surface area contributed by atoms with Crippen molar-refractivity contribution in [3.8, 4) is 11.5 Å². The predicted molar refractivity (Wildman–Crippen MR) is 154 cm³/mol. The molecule has 36 heavy (non-hydrogen) atoms. The summed E-state index contributed by atoms with van der Waals surface area (Å²) in [5.41, 5.74) is 3.91. The Labute approximate surface area is 227 Å². The Morgan fingerprint density at radius 2 is 1.67 bits per heavy atom. The SMILES string of the molecule is CCCCc1ccc(N2C(=O)/C(=C/c3ccc(OCc4ccc(Cl)cc4)c(OCC)c3)SC2=S)cc1. The maximum atomic E-state index is 13.2. The van der Waals surface area contributed by atoms with Crippen LogP contribution in [0, 0.1) is 0 Å². The third kappa shape index (κ3) is 6.49. The number of nitrogens with zero attached hydrogens (tertiary/aromatic N) is 1. The summed E-state index contributed by atoms with van der Waals surface area (Å²) < 4.78 is 12.3. The Bertz CT molecular complexity index is 1260. The number of unbranched alkanes of at least 4 members (excludes halogenated alkanes) is 1. The average Bonchev–Trinajstić information content (AvgIpc) is 3.16. The minimum atomic E-state index is -0.118. The molecule has 1 heterocycles. The number of thioether (sulfide) groups is 1. The first-order valence-electron chi connectivity index (χ1n) is 12.0. The van der Waals surface area contributed by atoms with Gasteiger partial charge in [0.25, 0.3) is 5.91 Å². The fraction of sp³-hybridized carbons (Fsp3) is 0.241. The van der Waals surface area contributed by atoms with Crippen LogP contribution in [0.15, 0.2) is 71.6 Å². The maximum absolute atomic E-state index is 13.2. The topological polar surface area (TPSA) is 38.8 Å². The zero-order valence-corrected chi connectivity index (χ0v) is 22.7. The summed E-state index contributed by atoms with van der Waals surface area (Å²) in [4.78, 5) is 15.4. The highest BCUT2D eigenvalue weighted by atomic mass is 35.5. The lowest BCUT2D eigenvalue weighted by Crippen LogP contribution is -2.27. The van der Waals surface area contributed by atoms with Crippen LogP contribution in [0.25, 0.3) is 6.08 Å². The molecule has 1 aliphatic rings. The molecule has 4 nitrogen and oxygen atoms in total. The highest BCUT2D eigenvalue weighted by Gasteiger charge is 2.33. The van der Waals surface area contributed by atoms with Crippen LogP contribution in [0.5, 0.6) is 11.5 Å². The number of thiocarbonyl (C=S) groups is 1. The van der Waals surface area contributed by atoms with Crippen LogP contribution < -0.4 is 14.4 Å². The Kier molecular flexibility index (Phi) is 9.08. The third-order valence-corrected chi connectivity index (χ3v) is 7.23. The largest absolute Gasteiger partial charge is 0.490 e. The summed E-state index contributed by atoms with van der Waals surface area (Å²) in [5, 5.41) is 0.688. The van der Waals surface area contributed by atoms with Crippen LogP contribution in [-0.4, -0.2) is 16.8 Å². The minimum absolute atomic E-state index is 0.118. The van der Waals surface area contributed by atoms with Crippen LogP contribution in [0.1, 0.15) is 43.4 Å². The number of anilines is 1. The van der Waals surface area contributed by atoms with Crippen molar-refractivity contribution >= 4 is 57.6 Å². The minimum Gasteiger partial charge on any atom is -0.490 e. The lowest BCUT2D eigenvalue weighted by atomic mass is 10.1. The van der Waals surface area contributed by atoms with Crippen molar-refractivity contribution in [1.29, 1.82) is 0 Å². The molecule has 0 unspecified atom stereocenters. The molecule has 7 heteroatoms. The molecular formula is C29H28ClNO3S2. The van der Waals surface area contributed by atoms with Gasteiger partial charge in [0.05, 0.1) is 17.2 Å². The molecule has 1 aliphatic heterocycles. The van der Waals surface area contributed by atoms with Gasteiger partial charge < -0.3 is 9.47 Å². The second-order valence-corrected chi connectivity index (χ2v) is 10.5. The summed E-state index contributed by atoms with van der Waals surface area (Å²) in [5.74, 6) is 1.14. The lowest BCUT2D eigenvalue weighted by Gasteiger charge is -2.15. The normalized spacial score (nSPS) is 14.5. The quantitative estimate of drug-likeness (QED) is 0.193. The zero-order chi connectivity index (χ0) is 25.5. The molecule has 3 aromatic carbocycles. The van der Waals surface area contributed by atoms with Crippen molar-refractivity contribution in [2.24, 2.45) is 0 Å². The number of rotatable bonds is 10. The van der Waals surface area contributed by atoms with Gasteiger partial charge in [-0.05, 0) is 78.9 Å². The van der Waals surface area contributed by atoms with E-state index in [2.05, 4.69) is 19.1 Å². The molecule has 0 spiro atoms. The molecule has 0 aromatic heterocycles. The Morgan fingerprint density at radius 1 is 0.944 bits per heavy atom. The van der Waals surface area contributed by atoms with Crippen molar-refractivity contribution in [3.63, 3.8) is 0 Å². The third-order valence-electron chi connectivity index (χ3n) is 5.68. The van der Waals surface area contributed by atoms with E-state index < -0.39 is 0 Å². The molecule has 3 aromatic rings. The van der Waals surface area contributed by atoms with E-state index in [1.54, 1.807) is 4.90 Å². The first-order chi connectivity index (χ1) is 17.5. The number of aryl methyl sites for hydroxylation is 1. The number of carbonyl (C=O) groups is 1. The fourth-order valence-corrected chi connectivity index (χ4v) is 5.20. The fourth-order valence-electron chi connectivity index (χ4n) is 3.78. The van der Waals surface area contributed by atoms with Gasteiger partial charge in [-0.15, -0.1) is 0 Å². The van der Waals surface area contributed by atoms with Gasteiger partial charge in [0, 0.05) is 5.02 Å². The number of ether oxygens (including phenoxy) is 2. The van der Waals surface area contributed by atoms with Gasteiger partial charge in [0.15, 0.2) is 15.8 Å². The Hall–Kier alpha value is -2.80. The summed E-state index contributed by atoms with van der Waals surface area (Å²) >= 11 is 12.8. The molecule has 0 bridgehead atoms. The summed E-state index contributed by atoms with van der Waals surface area (Å²) in [6.07, 6.45) is 5.19. The number of hydrogen-bond acceptors (Lipinski definition) is 5. The van der Waals surface area contributed by atoms with Gasteiger partial charge in [-0.1, -0.05) is 79.3 Å². The van der Waals surface area contributed by atoms with Gasteiger partial charge in [-0.2, -0.15) is 0 Å². The smallest absolute Gasteiger partial charge is 0.270 e. The van der Waals surface area contributed by atoms with Gasteiger partial charge in [-0.25, -0.2) is 0 Å². The molecular weight excluding hydrogens is 510 g/mol. The van der Waals surface area contributed by atoms with E-state index in [0.29, 0.717) is 39.0 Å². The number of carbonyl (C=O) groups excluding carboxylic acids is 1. The molecule has 1 amide bonds. The van der Waals surface area contributed by atoms with Gasteiger partial charge in [0.2, 0.25) is 0 Å². The summed E-state index contributed by atoms with van der Waals surface area (Å²) in [6.45, 7) is 5.00. The molecule has 0 N–H and O–H groups in total. The zero-order valence-electron chi connectivity index (χ0n) is 20.3. The van der Waals surface area contributed by atoms with E-state index in [1.165, 1.54) is 17.3 Å². The predicted octanol–water partition coefficient (Wildman–Crippen LogP) is 8.07. The lowest BCUT2D eigenvalue weighted by molar-refractivity contribution is -0.113. The van der Waals surface area contributed by atoms with Crippen molar-refractivity contribution in [2.75, 3.05) is 11.5 Å². The van der Waals surface area contributed by atoms with Crippen molar-refractivity contribution in [1.82, 2.24) is 0 Å². The van der Waals surface area contributed by atoms with Gasteiger partial charge in [-0.3, -0.25) is 9.69 Å². The van der Waals surface area contributed by atoms with E-state index in [9.17, 15) is 4.79 Å². The number of amides is 1. The molecule has 1 fully saturated rings. The van der Waals surface area contributed by atoms with Crippen LogP contribution in [0.4, 0.5) is 5.69 Å². The van der Waals surface area contributed by atoms with Crippen molar-refractivity contribution < 1.29 is 14.3 Å². The van der Waals surface area contributed by atoms with Gasteiger partial charge in [0.1, 0.15) is 6.61 Å². The average molecular weight is 538 g/mol. The first kappa shape index (κ1) is 26.3. The highest BCUT2D eigenvalue weighted by molar-refractivity contribution is 8.27. The molecule has 1 saturated heterocycles.